The number of Topliss-reactive ketones (excluding diaryl/α,β-unsaturated/α-hetero) is 1. The molecule has 0 heterocycles. The van der Waals surface area contributed by atoms with Gasteiger partial charge in [-0.05, 0) is 32.0 Å². The lowest BCUT2D eigenvalue weighted by molar-refractivity contribution is -0.121. The van der Waals surface area contributed by atoms with Crippen LogP contribution in [0.15, 0.2) is 18.2 Å². The molecule has 0 saturated heterocycles. The predicted octanol–water partition coefficient (Wildman–Crippen LogP) is 1.76. The molecule has 3 N–H and O–H groups in total. The Bertz CT molecular complexity index is 470. The van der Waals surface area contributed by atoms with Crippen molar-refractivity contribution in [3.63, 3.8) is 0 Å². The van der Waals surface area contributed by atoms with Gasteiger partial charge in [0, 0.05) is 24.4 Å². The van der Waals surface area contributed by atoms with Gasteiger partial charge in [0.2, 0.25) is 5.91 Å². The molecule has 0 atom stereocenters. The SMILES string of the molecule is COc1ccc(C(=O)CCC(=O)NC(C)C)cc1N. The summed E-state index contributed by atoms with van der Waals surface area (Å²) in [7, 11) is 1.52. The van der Waals surface area contributed by atoms with Gasteiger partial charge < -0.3 is 15.8 Å². The number of nitrogens with two attached hydrogens (primary N) is 1. The third-order valence-electron chi connectivity index (χ3n) is 2.58. The summed E-state index contributed by atoms with van der Waals surface area (Å²) in [6.07, 6.45) is 0.354. The summed E-state index contributed by atoms with van der Waals surface area (Å²) in [5, 5.41) is 2.74. The maximum Gasteiger partial charge on any atom is 0.220 e. The molecule has 1 aromatic rings. The third-order valence-corrected chi connectivity index (χ3v) is 2.58. The zero-order chi connectivity index (χ0) is 14.4. The first-order valence-electron chi connectivity index (χ1n) is 6.20. The zero-order valence-corrected chi connectivity index (χ0v) is 11.5. The Morgan fingerprint density at radius 3 is 2.53 bits per heavy atom. The standard InChI is InChI=1S/C14H20N2O3/c1-9(2)16-14(18)7-5-12(17)10-4-6-13(19-3)11(15)8-10/h4,6,8-9H,5,7,15H2,1-3H3,(H,16,18). The van der Waals surface area contributed by atoms with Gasteiger partial charge in [-0.2, -0.15) is 0 Å². The van der Waals surface area contributed by atoms with Crippen LogP contribution in [0.1, 0.15) is 37.0 Å². The lowest BCUT2D eigenvalue weighted by Gasteiger charge is -2.08. The number of nitrogen functional groups attached to an aromatic ring is 1. The van der Waals surface area contributed by atoms with E-state index >= 15 is 0 Å². The summed E-state index contributed by atoms with van der Waals surface area (Å²) in [5.74, 6) is 0.312. The van der Waals surface area contributed by atoms with Crippen molar-refractivity contribution in [3.05, 3.63) is 23.8 Å². The molecule has 0 aliphatic rings. The Balaban J connectivity index is 2.59. The van der Waals surface area contributed by atoms with Crippen molar-refractivity contribution in [2.24, 2.45) is 0 Å². The van der Waals surface area contributed by atoms with E-state index in [9.17, 15) is 9.59 Å². The van der Waals surface area contributed by atoms with E-state index < -0.39 is 0 Å². The van der Waals surface area contributed by atoms with Gasteiger partial charge in [0.1, 0.15) is 5.75 Å². The minimum Gasteiger partial charge on any atom is -0.495 e. The molecule has 0 radical (unpaired) electrons. The van der Waals surface area contributed by atoms with Crippen LogP contribution in [0.5, 0.6) is 5.75 Å². The monoisotopic (exact) mass is 264 g/mol. The fourth-order valence-corrected chi connectivity index (χ4v) is 1.67. The van der Waals surface area contributed by atoms with Gasteiger partial charge in [0.15, 0.2) is 5.78 Å². The van der Waals surface area contributed by atoms with E-state index in [1.54, 1.807) is 18.2 Å². The van der Waals surface area contributed by atoms with Crippen LogP contribution < -0.4 is 15.8 Å². The number of hydrogen-bond donors (Lipinski definition) is 2. The summed E-state index contributed by atoms with van der Waals surface area (Å²) in [6, 6.07) is 4.95. The number of amides is 1. The van der Waals surface area contributed by atoms with Crippen molar-refractivity contribution < 1.29 is 14.3 Å². The van der Waals surface area contributed by atoms with Crippen LogP contribution in [0.25, 0.3) is 0 Å². The van der Waals surface area contributed by atoms with Crippen molar-refractivity contribution in [2.45, 2.75) is 32.7 Å². The molecular formula is C14H20N2O3. The summed E-state index contributed by atoms with van der Waals surface area (Å²) in [6.45, 7) is 3.76. The van der Waals surface area contributed by atoms with Gasteiger partial charge >= 0.3 is 0 Å². The minimum atomic E-state index is -0.121. The maximum absolute atomic E-state index is 11.9. The quantitative estimate of drug-likeness (QED) is 0.606. The van der Waals surface area contributed by atoms with E-state index in [0.717, 1.165) is 0 Å². The molecule has 0 bridgehead atoms. The topological polar surface area (TPSA) is 81.4 Å². The number of benzene rings is 1. The minimum absolute atomic E-state index is 0.0826. The summed E-state index contributed by atoms with van der Waals surface area (Å²) < 4.78 is 5.02. The Morgan fingerprint density at radius 2 is 2.00 bits per heavy atom. The Kier molecular flexibility index (Phi) is 5.36. The van der Waals surface area contributed by atoms with Crippen LogP contribution in [0, 0.1) is 0 Å². The van der Waals surface area contributed by atoms with E-state index in [1.807, 2.05) is 13.8 Å². The van der Waals surface area contributed by atoms with Crippen LogP contribution in [0.3, 0.4) is 0 Å². The summed E-state index contributed by atoms with van der Waals surface area (Å²) in [5.41, 5.74) is 6.65. The molecule has 0 aromatic heterocycles. The van der Waals surface area contributed by atoms with E-state index in [1.165, 1.54) is 7.11 Å². The third kappa shape index (κ3) is 4.62. The van der Waals surface area contributed by atoms with Gasteiger partial charge in [-0.3, -0.25) is 9.59 Å². The first-order valence-corrected chi connectivity index (χ1v) is 6.20. The molecule has 1 aromatic carbocycles. The second-order valence-corrected chi connectivity index (χ2v) is 4.60. The molecule has 19 heavy (non-hydrogen) atoms. The number of rotatable bonds is 6. The van der Waals surface area contributed by atoms with E-state index in [0.29, 0.717) is 17.0 Å². The maximum atomic E-state index is 11.9. The molecule has 0 aliphatic carbocycles. The molecule has 0 unspecified atom stereocenters. The molecule has 0 aliphatic heterocycles. The predicted molar refractivity (Wildman–Crippen MR) is 74.2 cm³/mol. The van der Waals surface area contributed by atoms with Gasteiger partial charge in [0.25, 0.3) is 0 Å². The fraction of sp³-hybridized carbons (Fsp3) is 0.429. The molecule has 5 heteroatoms. The van der Waals surface area contributed by atoms with Crippen molar-refractivity contribution >= 4 is 17.4 Å². The highest BCUT2D eigenvalue weighted by molar-refractivity contribution is 5.98. The summed E-state index contributed by atoms with van der Waals surface area (Å²) >= 11 is 0. The highest BCUT2D eigenvalue weighted by Gasteiger charge is 2.11. The number of carbonyl (C=O) groups excluding carboxylic acids is 2. The smallest absolute Gasteiger partial charge is 0.220 e. The van der Waals surface area contributed by atoms with Crippen LogP contribution in [0.4, 0.5) is 5.69 Å². The Hall–Kier alpha value is -2.04. The second kappa shape index (κ2) is 6.78. The molecule has 5 nitrogen and oxygen atoms in total. The first-order chi connectivity index (χ1) is 8.93. The van der Waals surface area contributed by atoms with Gasteiger partial charge in [-0.1, -0.05) is 0 Å². The lowest BCUT2D eigenvalue weighted by Crippen LogP contribution is -2.30. The number of anilines is 1. The van der Waals surface area contributed by atoms with Gasteiger partial charge in [-0.15, -0.1) is 0 Å². The molecular weight excluding hydrogens is 244 g/mol. The van der Waals surface area contributed by atoms with Gasteiger partial charge in [0.05, 0.1) is 12.8 Å². The second-order valence-electron chi connectivity index (χ2n) is 4.60. The number of hydrogen-bond acceptors (Lipinski definition) is 4. The molecule has 104 valence electrons. The average molecular weight is 264 g/mol. The number of methoxy groups -OCH3 is 1. The first kappa shape index (κ1) is 15.0. The van der Waals surface area contributed by atoms with Crippen LogP contribution in [-0.4, -0.2) is 24.8 Å². The molecule has 1 amide bonds. The van der Waals surface area contributed by atoms with E-state index in [2.05, 4.69) is 5.32 Å². The lowest BCUT2D eigenvalue weighted by atomic mass is 10.1. The fourth-order valence-electron chi connectivity index (χ4n) is 1.67. The van der Waals surface area contributed by atoms with E-state index in [4.69, 9.17) is 10.5 Å². The largest absolute Gasteiger partial charge is 0.495 e. The van der Waals surface area contributed by atoms with Gasteiger partial charge in [-0.25, -0.2) is 0 Å². The zero-order valence-electron chi connectivity index (χ0n) is 11.5. The Morgan fingerprint density at radius 1 is 1.32 bits per heavy atom. The van der Waals surface area contributed by atoms with Crippen molar-refractivity contribution in [1.29, 1.82) is 0 Å². The highest BCUT2D eigenvalue weighted by Crippen LogP contribution is 2.22. The molecule has 0 spiro atoms. The van der Waals surface area contributed by atoms with Crippen molar-refractivity contribution in [2.75, 3.05) is 12.8 Å². The normalized spacial score (nSPS) is 10.3. The Labute approximate surface area is 113 Å². The van der Waals surface area contributed by atoms with Crippen LogP contribution >= 0.6 is 0 Å². The van der Waals surface area contributed by atoms with Crippen LogP contribution in [0.2, 0.25) is 0 Å². The molecule has 1 rings (SSSR count). The van der Waals surface area contributed by atoms with Crippen LogP contribution in [-0.2, 0) is 4.79 Å². The van der Waals surface area contributed by atoms with E-state index in [-0.39, 0.29) is 30.6 Å². The van der Waals surface area contributed by atoms with Crippen molar-refractivity contribution in [3.8, 4) is 5.75 Å². The molecule has 0 saturated carbocycles. The number of nitrogens with one attached hydrogen (secondary N) is 1. The van der Waals surface area contributed by atoms with Crippen molar-refractivity contribution in [1.82, 2.24) is 5.32 Å². The average Bonchev–Trinajstić information content (AvgIpc) is 2.35. The highest BCUT2D eigenvalue weighted by atomic mass is 16.5. The summed E-state index contributed by atoms with van der Waals surface area (Å²) in [4.78, 5) is 23.4. The molecule has 0 fully saturated rings. The number of ketones is 1. The number of carbonyl (C=O) groups is 2. The number of ether oxygens (including phenoxy) is 1.